The Morgan fingerprint density at radius 2 is 1.97 bits per heavy atom. The number of ether oxygens (including phenoxy) is 1. The van der Waals surface area contributed by atoms with Gasteiger partial charge < -0.3 is 14.7 Å². The van der Waals surface area contributed by atoms with Crippen LogP contribution in [-0.4, -0.2) is 27.0 Å². The molecule has 3 aromatic rings. The van der Waals surface area contributed by atoms with E-state index in [2.05, 4.69) is 21.2 Å². The van der Waals surface area contributed by atoms with Gasteiger partial charge in [0, 0.05) is 16.9 Å². The van der Waals surface area contributed by atoms with Crippen molar-refractivity contribution in [3.05, 3.63) is 77.1 Å². The van der Waals surface area contributed by atoms with E-state index < -0.39 is 17.7 Å². The fourth-order valence-electron chi connectivity index (χ4n) is 3.87. The summed E-state index contributed by atoms with van der Waals surface area (Å²) in [6, 6.07) is 19.1. The molecule has 0 saturated heterocycles. The van der Waals surface area contributed by atoms with Crippen LogP contribution in [0.4, 0.5) is 5.69 Å². The van der Waals surface area contributed by atoms with Gasteiger partial charge >= 0.3 is 0 Å². The van der Waals surface area contributed by atoms with Crippen molar-refractivity contribution < 1.29 is 9.84 Å². The van der Waals surface area contributed by atoms with Gasteiger partial charge in [-0.25, -0.2) is 0 Å². The lowest BCUT2D eigenvalue weighted by molar-refractivity contribution is -0.0590. The number of aliphatic hydroxyl groups is 1. The molecule has 0 spiro atoms. The van der Waals surface area contributed by atoms with Crippen LogP contribution in [0.5, 0.6) is 5.75 Å². The highest BCUT2D eigenvalue weighted by atomic mass is 16.5. The third kappa shape index (κ3) is 3.57. The molecule has 29 heavy (non-hydrogen) atoms. The van der Waals surface area contributed by atoms with E-state index in [1.807, 2.05) is 69.3 Å². The van der Waals surface area contributed by atoms with Crippen molar-refractivity contribution in [3.63, 3.8) is 0 Å². The summed E-state index contributed by atoms with van der Waals surface area (Å²) < 4.78 is 6.09. The fourth-order valence-corrected chi connectivity index (χ4v) is 3.87. The molecule has 6 nitrogen and oxygen atoms in total. The molecule has 6 heteroatoms. The van der Waals surface area contributed by atoms with Crippen LogP contribution in [0.3, 0.4) is 0 Å². The third-order valence-electron chi connectivity index (χ3n) is 5.36. The summed E-state index contributed by atoms with van der Waals surface area (Å²) in [4.78, 5) is 2.13. The van der Waals surface area contributed by atoms with Crippen molar-refractivity contribution >= 4 is 5.69 Å². The summed E-state index contributed by atoms with van der Waals surface area (Å²) in [7, 11) is 0. The van der Waals surface area contributed by atoms with Gasteiger partial charge in [-0.3, -0.25) is 5.10 Å². The van der Waals surface area contributed by atoms with Crippen molar-refractivity contribution in [2.75, 3.05) is 4.90 Å². The van der Waals surface area contributed by atoms with Crippen molar-refractivity contribution in [3.8, 4) is 11.8 Å². The zero-order chi connectivity index (χ0) is 20.6. The van der Waals surface area contributed by atoms with E-state index >= 15 is 0 Å². The van der Waals surface area contributed by atoms with Gasteiger partial charge in [-0.1, -0.05) is 18.2 Å². The number of hydrogen-bond acceptors (Lipinski definition) is 5. The van der Waals surface area contributed by atoms with E-state index in [1.54, 1.807) is 6.07 Å². The van der Waals surface area contributed by atoms with E-state index in [-0.39, 0.29) is 0 Å². The highest BCUT2D eigenvalue weighted by molar-refractivity contribution is 5.55. The molecule has 1 unspecified atom stereocenters. The van der Waals surface area contributed by atoms with Gasteiger partial charge in [-0.2, -0.15) is 10.4 Å². The Morgan fingerprint density at radius 1 is 1.21 bits per heavy atom. The minimum atomic E-state index is -0.816. The number of rotatable bonds is 4. The first-order valence-corrected chi connectivity index (χ1v) is 9.63. The van der Waals surface area contributed by atoms with E-state index in [0.717, 1.165) is 22.6 Å². The second kappa shape index (κ2) is 7.26. The molecule has 2 atom stereocenters. The normalized spacial score (nSPS) is 19.7. The molecule has 0 bridgehead atoms. The summed E-state index contributed by atoms with van der Waals surface area (Å²) in [5, 5.41) is 28.1. The quantitative estimate of drug-likeness (QED) is 0.709. The smallest absolute Gasteiger partial charge is 0.132 e. The lowest BCUT2D eigenvalue weighted by Crippen LogP contribution is -2.53. The molecule has 0 amide bonds. The van der Waals surface area contributed by atoms with E-state index in [9.17, 15) is 10.4 Å². The maximum Gasteiger partial charge on any atom is 0.132 e. The van der Waals surface area contributed by atoms with Gasteiger partial charge in [0.2, 0.25) is 0 Å². The number of aliphatic hydroxyl groups excluding tert-OH is 1. The molecule has 4 rings (SSSR count). The SMILES string of the molecule is Cc1cc(CN(c2ccccc2)C2c3cc(C#N)ccc3OC(C)(C)[C@@H]2O)n[nH]1. The summed E-state index contributed by atoms with van der Waals surface area (Å²) in [6.07, 6.45) is -0.816. The number of nitrogens with zero attached hydrogens (tertiary/aromatic N) is 3. The predicted molar refractivity (Wildman–Crippen MR) is 111 cm³/mol. The summed E-state index contributed by atoms with van der Waals surface area (Å²) in [5.41, 5.74) is 3.36. The van der Waals surface area contributed by atoms with Crippen molar-refractivity contribution in [2.24, 2.45) is 0 Å². The molecule has 0 aliphatic carbocycles. The monoisotopic (exact) mass is 388 g/mol. The number of para-hydroxylation sites is 1. The van der Waals surface area contributed by atoms with Crippen LogP contribution in [0.25, 0.3) is 0 Å². The highest BCUT2D eigenvalue weighted by Gasteiger charge is 2.45. The van der Waals surface area contributed by atoms with Gasteiger partial charge in [-0.05, 0) is 57.2 Å². The molecular weight excluding hydrogens is 364 g/mol. The second-order valence-corrected chi connectivity index (χ2v) is 7.97. The van der Waals surface area contributed by atoms with Gasteiger partial charge in [0.15, 0.2) is 0 Å². The molecule has 2 heterocycles. The lowest BCUT2D eigenvalue weighted by atomic mass is 9.84. The minimum Gasteiger partial charge on any atom is -0.485 e. The minimum absolute atomic E-state index is 0.401. The van der Waals surface area contributed by atoms with Crippen molar-refractivity contribution in [1.82, 2.24) is 10.2 Å². The van der Waals surface area contributed by atoms with Gasteiger partial charge in [0.05, 0.1) is 29.9 Å². The number of aromatic nitrogens is 2. The average Bonchev–Trinajstić information content (AvgIpc) is 3.13. The number of aryl methyl sites for hydroxylation is 1. The largest absolute Gasteiger partial charge is 0.485 e. The zero-order valence-corrected chi connectivity index (χ0v) is 16.8. The Kier molecular flexibility index (Phi) is 4.77. The highest BCUT2D eigenvalue weighted by Crippen LogP contribution is 2.45. The Labute approximate surface area is 170 Å². The molecule has 2 aromatic carbocycles. The topological polar surface area (TPSA) is 85.2 Å². The van der Waals surface area contributed by atoms with Crippen LogP contribution in [0, 0.1) is 18.3 Å². The molecular formula is C23H24N4O2. The molecule has 148 valence electrons. The second-order valence-electron chi connectivity index (χ2n) is 7.97. The van der Waals surface area contributed by atoms with E-state index in [4.69, 9.17) is 4.74 Å². The number of anilines is 1. The molecule has 0 saturated carbocycles. The first kappa shape index (κ1) is 19.0. The maximum atomic E-state index is 11.3. The summed E-state index contributed by atoms with van der Waals surface area (Å²) >= 11 is 0. The standard InChI is InChI=1S/C23H24N4O2/c1-15-11-17(26-25-15)14-27(18-7-5-4-6-8-18)21-19-12-16(13-24)9-10-20(19)29-23(2,3)22(21)28/h4-12,21-22,28H,14H2,1-3H3,(H,25,26)/t21?,22-/m1/s1. The van der Waals surface area contributed by atoms with Gasteiger partial charge in [0.1, 0.15) is 17.5 Å². The Bertz CT molecular complexity index is 1050. The molecule has 0 fully saturated rings. The van der Waals surface area contributed by atoms with Gasteiger partial charge in [0.25, 0.3) is 0 Å². The molecule has 2 N–H and O–H groups in total. The fraction of sp³-hybridized carbons (Fsp3) is 0.304. The maximum absolute atomic E-state index is 11.3. The number of aromatic amines is 1. The molecule has 1 aliphatic rings. The Balaban J connectivity index is 1.87. The number of nitriles is 1. The molecule has 0 radical (unpaired) electrons. The lowest BCUT2D eigenvalue weighted by Gasteiger charge is -2.47. The summed E-state index contributed by atoms with van der Waals surface area (Å²) in [6.45, 7) is 6.23. The summed E-state index contributed by atoms with van der Waals surface area (Å²) in [5.74, 6) is 0.684. The average molecular weight is 388 g/mol. The van der Waals surface area contributed by atoms with Crippen LogP contribution < -0.4 is 9.64 Å². The van der Waals surface area contributed by atoms with Crippen LogP contribution >= 0.6 is 0 Å². The number of nitrogens with one attached hydrogen (secondary N) is 1. The number of H-pyrrole nitrogens is 1. The van der Waals surface area contributed by atoms with Crippen LogP contribution in [0.1, 0.15) is 42.4 Å². The number of fused-ring (bicyclic) bond motifs is 1. The first-order valence-electron chi connectivity index (χ1n) is 9.63. The molecule has 1 aromatic heterocycles. The number of hydrogen-bond donors (Lipinski definition) is 2. The third-order valence-corrected chi connectivity index (χ3v) is 5.36. The predicted octanol–water partition coefficient (Wildman–Crippen LogP) is 3.87. The number of benzene rings is 2. The Hall–Kier alpha value is -3.30. The van der Waals surface area contributed by atoms with Crippen molar-refractivity contribution in [2.45, 2.75) is 45.1 Å². The van der Waals surface area contributed by atoms with Crippen molar-refractivity contribution in [1.29, 1.82) is 5.26 Å². The first-order chi connectivity index (χ1) is 13.9. The van der Waals surface area contributed by atoms with Crippen LogP contribution in [-0.2, 0) is 6.54 Å². The van der Waals surface area contributed by atoms with E-state index in [1.165, 1.54) is 0 Å². The molecule has 1 aliphatic heterocycles. The van der Waals surface area contributed by atoms with E-state index in [0.29, 0.717) is 17.9 Å². The zero-order valence-electron chi connectivity index (χ0n) is 16.8. The Morgan fingerprint density at radius 3 is 2.62 bits per heavy atom. The van der Waals surface area contributed by atoms with Gasteiger partial charge in [-0.15, -0.1) is 0 Å². The van der Waals surface area contributed by atoms with Crippen LogP contribution in [0.2, 0.25) is 0 Å². The van der Waals surface area contributed by atoms with Crippen LogP contribution in [0.15, 0.2) is 54.6 Å².